The van der Waals surface area contributed by atoms with Gasteiger partial charge in [0.15, 0.2) is 0 Å². The van der Waals surface area contributed by atoms with Crippen molar-refractivity contribution in [2.75, 3.05) is 0 Å². The van der Waals surface area contributed by atoms with Gasteiger partial charge in [-0.2, -0.15) is 0 Å². The van der Waals surface area contributed by atoms with Crippen molar-refractivity contribution in [1.82, 2.24) is 0 Å². The maximum absolute atomic E-state index is 11.3. The first-order chi connectivity index (χ1) is 6.60. The van der Waals surface area contributed by atoms with Gasteiger partial charge >= 0.3 is 0 Å². The van der Waals surface area contributed by atoms with Crippen molar-refractivity contribution in [2.24, 2.45) is 0 Å². The Labute approximate surface area is 89.1 Å². The molecule has 2 heteroatoms. The van der Waals surface area contributed by atoms with E-state index in [2.05, 4.69) is 13.0 Å². The maximum Gasteiger partial charge on any atom is 0.133 e. The highest BCUT2D eigenvalue weighted by Crippen LogP contribution is 2.39. The van der Waals surface area contributed by atoms with Gasteiger partial charge in [-0.1, -0.05) is 30.7 Å². The van der Waals surface area contributed by atoms with Crippen LogP contribution in [0.3, 0.4) is 0 Å². The van der Waals surface area contributed by atoms with Crippen molar-refractivity contribution >= 4 is 17.4 Å². The number of hydrogen-bond acceptors (Lipinski definition) is 1. The third-order valence-corrected chi connectivity index (χ3v) is 3.30. The highest BCUT2D eigenvalue weighted by Gasteiger charge is 2.35. The monoisotopic (exact) mass is 208 g/mol. The zero-order chi connectivity index (χ0) is 10.2. The van der Waals surface area contributed by atoms with Crippen LogP contribution in [0.1, 0.15) is 31.7 Å². The predicted molar refractivity (Wildman–Crippen MR) is 57.7 cm³/mol. The van der Waals surface area contributed by atoms with E-state index in [4.69, 9.17) is 11.6 Å². The lowest BCUT2D eigenvalue weighted by Gasteiger charge is -2.23. The molecule has 0 radical (unpaired) electrons. The highest BCUT2D eigenvalue weighted by molar-refractivity contribution is 6.30. The van der Waals surface area contributed by atoms with Gasteiger partial charge in [-0.3, -0.25) is 4.79 Å². The minimum absolute atomic E-state index is 0.0159. The normalized spacial score (nSPS) is 26.9. The van der Waals surface area contributed by atoms with E-state index in [0.29, 0.717) is 18.6 Å². The molecule has 1 saturated carbocycles. The third kappa shape index (κ3) is 1.69. The van der Waals surface area contributed by atoms with E-state index >= 15 is 0 Å². The molecule has 0 spiro atoms. The molecule has 1 atom stereocenters. The number of halogens is 1. The quantitative estimate of drug-likeness (QED) is 0.692. The predicted octanol–water partition coefficient (Wildman–Crippen LogP) is 3.35. The molecule has 1 aromatic rings. The van der Waals surface area contributed by atoms with Crippen molar-refractivity contribution in [1.29, 1.82) is 0 Å². The second kappa shape index (κ2) is 3.39. The lowest BCUT2D eigenvalue weighted by atomic mass is 9.81. The molecule has 0 bridgehead atoms. The molecule has 1 aromatic carbocycles. The summed E-state index contributed by atoms with van der Waals surface area (Å²) in [6, 6.07) is 7.85. The first kappa shape index (κ1) is 9.72. The Bertz CT molecular complexity index is 372. The van der Waals surface area contributed by atoms with Gasteiger partial charge in [-0.15, -0.1) is 0 Å². The highest BCUT2D eigenvalue weighted by atomic mass is 35.5. The summed E-state index contributed by atoms with van der Waals surface area (Å²) in [5.74, 6) is 0.368. The SMILES string of the molecule is CC1(c2cccc(Cl)c2)CCC(=O)C1. The molecule has 74 valence electrons. The van der Waals surface area contributed by atoms with Gasteiger partial charge in [0.2, 0.25) is 0 Å². The minimum Gasteiger partial charge on any atom is -0.300 e. The van der Waals surface area contributed by atoms with Crippen LogP contribution in [0.25, 0.3) is 0 Å². The van der Waals surface area contributed by atoms with Gasteiger partial charge in [-0.25, -0.2) is 0 Å². The number of carbonyl (C=O) groups is 1. The van der Waals surface area contributed by atoms with E-state index in [9.17, 15) is 4.79 Å². The van der Waals surface area contributed by atoms with Gasteiger partial charge < -0.3 is 0 Å². The van der Waals surface area contributed by atoms with E-state index < -0.39 is 0 Å². The van der Waals surface area contributed by atoms with E-state index in [1.807, 2.05) is 18.2 Å². The molecule has 1 aliphatic rings. The second-order valence-electron chi connectivity index (χ2n) is 4.29. The molecule has 0 saturated heterocycles. The molecule has 0 aromatic heterocycles. The van der Waals surface area contributed by atoms with Crippen LogP contribution in [0.4, 0.5) is 0 Å². The van der Waals surface area contributed by atoms with Crippen molar-refractivity contribution in [3.63, 3.8) is 0 Å². The molecular weight excluding hydrogens is 196 g/mol. The van der Waals surface area contributed by atoms with Crippen molar-refractivity contribution in [2.45, 2.75) is 31.6 Å². The van der Waals surface area contributed by atoms with Crippen molar-refractivity contribution in [3.8, 4) is 0 Å². The van der Waals surface area contributed by atoms with Gasteiger partial charge in [0.25, 0.3) is 0 Å². The molecule has 1 unspecified atom stereocenters. The van der Waals surface area contributed by atoms with Crippen LogP contribution in [0.2, 0.25) is 5.02 Å². The van der Waals surface area contributed by atoms with Gasteiger partial charge in [-0.05, 0) is 29.5 Å². The summed E-state index contributed by atoms with van der Waals surface area (Å²) in [5.41, 5.74) is 1.21. The number of carbonyl (C=O) groups excluding carboxylic acids is 1. The van der Waals surface area contributed by atoms with Crippen molar-refractivity contribution in [3.05, 3.63) is 34.9 Å². The van der Waals surface area contributed by atoms with E-state index in [1.54, 1.807) is 0 Å². The average Bonchev–Trinajstić information content (AvgIpc) is 2.48. The first-order valence-corrected chi connectivity index (χ1v) is 5.26. The van der Waals surface area contributed by atoms with Crippen LogP contribution in [0.15, 0.2) is 24.3 Å². The van der Waals surface area contributed by atoms with Crippen LogP contribution in [-0.2, 0) is 10.2 Å². The van der Waals surface area contributed by atoms with Crippen LogP contribution in [0, 0.1) is 0 Å². The number of hydrogen-bond donors (Lipinski definition) is 0. The number of rotatable bonds is 1. The maximum atomic E-state index is 11.3. The molecule has 0 aliphatic heterocycles. The topological polar surface area (TPSA) is 17.1 Å². The fourth-order valence-corrected chi connectivity index (χ4v) is 2.33. The summed E-state index contributed by atoms with van der Waals surface area (Å²) in [7, 11) is 0. The average molecular weight is 209 g/mol. The summed E-state index contributed by atoms with van der Waals surface area (Å²) >= 11 is 5.94. The zero-order valence-corrected chi connectivity index (χ0v) is 8.97. The Morgan fingerprint density at radius 3 is 2.79 bits per heavy atom. The minimum atomic E-state index is 0.0159. The van der Waals surface area contributed by atoms with E-state index in [1.165, 1.54) is 5.56 Å². The zero-order valence-electron chi connectivity index (χ0n) is 8.22. The smallest absolute Gasteiger partial charge is 0.133 e. The van der Waals surface area contributed by atoms with Crippen LogP contribution in [-0.4, -0.2) is 5.78 Å². The summed E-state index contributed by atoms with van der Waals surface area (Å²) < 4.78 is 0. The number of ketones is 1. The molecule has 1 nitrogen and oxygen atoms in total. The van der Waals surface area contributed by atoms with Crippen LogP contribution < -0.4 is 0 Å². The molecular formula is C12H13ClO. The van der Waals surface area contributed by atoms with Gasteiger partial charge in [0.1, 0.15) is 5.78 Å². The van der Waals surface area contributed by atoms with Gasteiger partial charge in [0, 0.05) is 17.9 Å². The number of Topliss-reactive ketones (excluding diaryl/α,β-unsaturated/α-hetero) is 1. The molecule has 0 N–H and O–H groups in total. The second-order valence-corrected chi connectivity index (χ2v) is 4.72. The largest absolute Gasteiger partial charge is 0.300 e. The molecule has 2 rings (SSSR count). The standard InChI is InChI=1S/C12H13ClO/c1-12(6-5-11(14)8-12)9-3-2-4-10(13)7-9/h2-4,7H,5-6,8H2,1H3. The Morgan fingerprint density at radius 2 is 2.21 bits per heavy atom. The molecule has 14 heavy (non-hydrogen) atoms. The van der Waals surface area contributed by atoms with Crippen LogP contribution >= 0.6 is 11.6 Å². The lowest BCUT2D eigenvalue weighted by molar-refractivity contribution is -0.117. The number of benzene rings is 1. The van der Waals surface area contributed by atoms with E-state index in [-0.39, 0.29) is 5.41 Å². The summed E-state index contributed by atoms with van der Waals surface area (Å²) in [6.07, 6.45) is 2.32. The lowest BCUT2D eigenvalue weighted by Crippen LogP contribution is -2.17. The fourth-order valence-electron chi connectivity index (χ4n) is 2.14. The first-order valence-electron chi connectivity index (χ1n) is 4.88. The summed E-state index contributed by atoms with van der Waals surface area (Å²) in [6.45, 7) is 2.14. The molecule has 0 amide bonds. The summed E-state index contributed by atoms with van der Waals surface area (Å²) in [4.78, 5) is 11.3. The van der Waals surface area contributed by atoms with E-state index in [0.717, 1.165) is 11.4 Å². The third-order valence-electron chi connectivity index (χ3n) is 3.06. The Hall–Kier alpha value is -0.820. The van der Waals surface area contributed by atoms with Crippen molar-refractivity contribution < 1.29 is 4.79 Å². The Balaban J connectivity index is 2.34. The Kier molecular flexibility index (Phi) is 2.36. The fraction of sp³-hybridized carbons (Fsp3) is 0.417. The van der Waals surface area contributed by atoms with Gasteiger partial charge in [0.05, 0.1) is 0 Å². The molecule has 1 aliphatic carbocycles. The molecule has 0 heterocycles. The Morgan fingerprint density at radius 1 is 1.43 bits per heavy atom. The molecule has 1 fully saturated rings. The van der Waals surface area contributed by atoms with Crippen LogP contribution in [0.5, 0.6) is 0 Å². The summed E-state index contributed by atoms with van der Waals surface area (Å²) in [5, 5.41) is 0.753.